The van der Waals surface area contributed by atoms with Crippen molar-refractivity contribution < 1.29 is 27.1 Å². The van der Waals surface area contributed by atoms with Crippen molar-refractivity contribution in [2.75, 3.05) is 0 Å². The molecule has 0 fully saturated rings. The summed E-state index contributed by atoms with van der Waals surface area (Å²) in [6.45, 7) is 3.79. The second kappa shape index (κ2) is 12.9. The van der Waals surface area contributed by atoms with Gasteiger partial charge >= 0.3 is 0 Å². The Morgan fingerprint density at radius 2 is 1.17 bits per heavy atom. The van der Waals surface area contributed by atoms with Crippen molar-refractivity contribution in [3.8, 4) is 28.0 Å². The van der Waals surface area contributed by atoms with E-state index in [-0.39, 0.29) is 28.7 Å². The summed E-state index contributed by atoms with van der Waals surface area (Å²) in [5.74, 6) is -8.96. The summed E-state index contributed by atoms with van der Waals surface area (Å²) in [4.78, 5) is 0. The molecule has 0 N–H and O–H groups in total. The second-order valence-corrected chi connectivity index (χ2v) is 9.21. The van der Waals surface area contributed by atoms with E-state index in [1.54, 1.807) is 19.1 Å². The first kappa shape index (κ1) is 27.7. The number of halogens is 5. The van der Waals surface area contributed by atoms with Crippen LogP contribution in [0.15, 0.2) is 36.4 Å². The third-order valence-corrected chi connectivity index (χ3v) is 6.62. The van der Waals surface area contributed by atoms with Crippen molar-refractivity contribution >= 4 is 0 Å². The number of hydrogen-bond acceptors (Lipinski definition) is 0. The van der Waals surface area contributed by atoms with Gasteiger partial charge in [0.25, 0.3) is 0 Å². The van der Waals surface area contributed by atoms with Gasteiger partial charge in [0.1, 0.15) is 0 Å². The van der Waals surface area contributed by atoms with Crippen molar-refractivity contribution in [3.05, 3.63) is 76.6 Å². The molecule has 1 radical (unpaired) electrons. The number of unbranched alkanes of at least 4 members (excludes halogenated alkanes) is 7. The molecule has 0 bridgehead atoms. The normalized spacial score (nSPS) is 11.3. The number of hydrogen-bond donors (Lipinski definition) is 0. The van der Waals surface area contributed by atoms with E-state index in [4.69, 9.17) is 0 Å². The largest absolute Gasteiger partial charge is 0.286 e. The summed E-state index contributed by atoms with van der Waals surface area (Å²) in [5, 5.41) is 12.8. The van der Waals surface area contributed by atoms with E-state index in [2.05, 4.69) is 6.92 Å². The quantitative estimate of drug-likeness (QED) is 0.133. The van der Waals surface area contributed by atoms with Crippen molar-refractivity contribution in [3.63, 3.8) is 0 Å². The van der Waals surface area contributed by atoms with Crippen LogP contribution in [0, 0.1) is 29.1 Å². The smallest absolute Gasteiger partial charge is 0.225 e. The Morgan fingerprint density at radius 1 is 0.611 bits per heavy atom. The van der Waals surface area contributed by atoms with Crippen LogP contribution >= 0.6 is 0 Å². The molecular weight excluding hydrogens is 471 g/mol. The zero-order valence-electron chi connectivity index (χ0n) is 20.8. The van der Waals surface area contributed by atoms with Crippen molar-refractivity contribution in [1.82, 2.24) is 0 Å². The van der Waals surface area contributed by atoms with Gasteiger partial charge in [-0.2, -0.15) is 4.39 Å². The minimum atomic E-state index is -1.70. The fourth-order valence-corrected chi connectivity index (χ4v) is 4.64. The number of aryl methyl sites for hydroxylation is 1. The fraction of sp³-hybridized carbons (Fsp3) is 0.400. The third-order valence-electron chi connectivity index (χ3n) is 6.62. The zero-order valence-corrected chi connectivity index (χ0v) is 20.8. The Labute approximate surface area is 210 Å². The molecule has 0 amide bonds. The molecule has 3 aromatic rings. The SMILES string of the molecule is CCCCCCCCCCc1ccc(-c2c(CC)c(F)c(F)c([O])c2-c2cc(F)c(F)c(F)c2)cc1. The van der Waals surface area contributed by atoms with Gasteiger partial charge in [0.2, 0.25) is 11.6 Å². The topological polar surface area (TPSA) is 19.9 Å². The van der Waals surface area contributed by atoms with Gasteiger partial charge in [-0.3, -0.25) is 5.11 Å². The molecule has 193 valence electrons. The molecule has 0 aromatic heterocycles. The maximum absolute atomic E-state index is 14.8. The highest BCUT2D eigenvalue weighted by Crippen LogP contribution is 2.45. The van der Waals surface area contributed by atoms with E-state index >= 15 is 0 Å². The van der Waals surface area contributed by atoms with Crippen molar-refractivity contribution in [1.29, 1.82) is 0 Å². The van der Waals surface area contributed by atoms with Crippen molar-refractivity contribution in [2.45, 2.75) is 78.1 Å². The van der Waals surface area contributed by atoms with Crippen LogP contribution < -0.4 is 0 Å². The number of benzene rings is 3. The monoisotopic (exact) mass is 503 g/mol. The molecule has 0 aliphatic rings. The van der Waals surface area contributed by atoms with Crippen LogP contribution in [0.1, 0.15) is 76.3 Å². The standard InChI is InChI=1S/C30H32F5O/c1-3-5-6-7-8-9-10-11-12-19-13-15-20(16-14-19)25-22(4-2)27(33)29(35)30(36)26(25)21-17-23(31)28(34)24(32)18-21/h13-18H,3-12H2,1-2H3. The molecule has 0 aliphatic carbocycles. The van der Waals surface area contributed by atoms with E-state index in [1.807, 2.05) is 12.1 Å². The summed E-state index contributed by atoms with van der Waals surface area (Å²) >= 11 is 0. The average Bonchev–Trinajstić information content (AvgIpc) is 2.87. The van der Waals surface area contributed by atoms with Gasteiger partial charge in [-0.05, 0) is 59.2 Å². The van der Waals surface area contributed by atoms with Gasteiger partial charge in [-0.1, -0.05) is 83.1 Å². The van der Waals surface area contributed by atoms with E-state index in [9.17, 15) is 27.1 Å². The molecule has 0 aliphatic heterocycles. The molecule has 0 spiro atoms. The molecule has 1 nitrogen and oxygen atoms in total. The van der Waals surface area contributed by atoms with Crippen molar-refractivity contribution in [2.24, 2.45) is 0 Å². The van der Waals surface area contributed by atoms with Crippen LogP contribution in [0.5, 0.6) is 5.75 Å². The zero-order chi connectivity index (χ0) is 26.2. The van der Waals surface area contributed by atoms with Gasteiger partial charge in [0, 0.05) is 5.56 Å². The van der Waals surface area contributed by atoms with Crippen LogP contribution in [0.25, 0.3) is 22.3 Å². The third kappa shape index (κ3) is 6.26. The predicted molar refractivity (Wildman–Crippen MR) is 133 cm³/mol. The Kier molecular flexibility index (Phi) is 9.91. The molecule has 0 saturated heterocycles. The highest BCUT2D eigenvalue weighted by molar-refractivity contribution is 5.90. The maximum Gasteiger partial charge on any atom is 0.225 e. The number of rotatable bonds is 12. The molecule has 0 saturated carbocycles. The summed E-state index contributed by atoms with van der Waals surface area (Å²) < 4.78 is 70.8. The van der Waals surface area contributed by atoms with Gasteiger partial charge in [-0.25, -0.2) is 17.6 Å². The summed E-state index contributed by atoms with van der Waals surface area (Å²) in [7, 11) is 0. The Hall–Kier alpha value is -2.89. The molecule has 36 heavy (non-hydrogen) atoms. The Morgan fingerprint density at radius 3 is 1.72 bits per heavy atom. The molecule has 0 atom stereocenters. The van der Waals surface area contributed by atoms with Gasteiger partial charge in [0.15, 0.2) is 23.3 Å². The van der Waals surface area contributed by atoms with Crippen LogP contribution in [0.2, 0.25) is 0 Å². The Bertz CT molecular complexity index is 1150. The molecule has 0 unspecified atom stereocenters. The lowest BCUT2D eigenvalue weighted by Gasteiger charge is -2.18. The first-order valence-corrected chi connectivity index (χ1v) is 12.7. The van der Waals surface area contributed by atoms with Crippen LogP contribution in [-0.4, -0.2) is 0 Å². The van der Waals surface area contributed by atoms with E-state index < -0.39 is 34.8 Å². The molecular formula is C30H32F5O. The highest BCUT2D eigenvalue weighted by Gasteiger charge is 2.28. The van der Waals surface area contributed by atoms with Crippen LogP contribution in [0.4, 0.5) is 22.0 Å². The van der Waals surface area contributed by atoms with E-state index in [1.165, 1.54) is 38.5 Å². The summed E-state index contributed by atoms with van der Waals surface area (Å²) in [6, 6.07) is 8.38. The lowest BCUT2D eigenvalue weighted by Crippen LogP contribution is -2.02. The minimum absolute atomic E-state index is 0.0392. The van der Waals surface area contributed by atoms with Crippen LogP contribution in [0.3, 0.4) is 0 Å². The molecule has 0 heterocycles. The van der Waals surface area contributed by atoms with Gasteiger partial charge in [0.05, 0.1) is 0 Å². The van der Waals surface area contributed by atoms with Gasteiger partial charge in [-0.15, -0.1) is 0 Å². The fourth-order valence-electron chi connectivity index (χ4n) is 4.64. The van der Waals surface area contributed by atoms with E-state index in [0.29, 0.717) is 17.7 Å². The van der Waals surface area contributed by atoms with Gasteiger partial charge < -0.3 is 0 Å². The maximum atomic E-state index is 14.8. The van der Waals surface area contributed by atoms with Crippen LogP contribution in [-0.2, 0) is 17.9 Å². The Balaban J connectivity index is 1.89. The lowest BCUT2D eigenvalue weighted by molar-refractivity contribution is 0.321. The summed E-state index contributed by atoms with van der Waals surface area (Å²) in [5.41, 5.74) is 0.728. The highest BCUT2D eigenvalue weighted by atomic mass is 19.2. The molecule has 3 aromatic carbocycles. The predicted octanol–water partition coefficient (Wildman–Crippen LogP) is 10.1. The molecule has 3 rings (SSSR count). The minimum Gasteiger partial charge on any atom is -0.286 e. The lowest BCUT2D eigenvalue weighted by atomic mass is 9.87. The first-order valence-electron chi connectivity index (χ1n) is 12.7. The first-order chi connectivity index (χ1) is 17.3. The molecule has 6 heteroatoms. The van der Waals surface area contributed by atoms with E-state index in [0.717, 1.165) is 24.8 Å². The average molecular weight is 504 g/mol. The summed E-state index contributed by atoms with van der Waals surface area (Å²) in [6.07, 6.45) is 10.6. The second-order valence-electron chi connectivity index (χ2n) is 9.21.